The molecule has 20 heavy (non-hydrogen) atoms. The molecule has 0 spiro atoms. The van der Waals surface area contributed by atoms with Gasteiger partial charge in [-0.25, -0.2) is 9.37 Å². The zero-order valence-corrected chi connectivity index (χ0v) is 12.2. The van der Waals surface area contributed by atoms with Gasteiger partial charge in [-0.15, -0.1) is 0 Å². The first-order valence-corrected chi connectivity index (χ1v) is 6.78. The van der Waals surface area contributed by atoms with Gasteiger partial charge < -0.3 is 10.2 Å². The van der Waals surface area contributed by atoms with Crippen LogP contribution >= 0.6 is 0 Å². The number of aromatic nitrogens is 1. The van der Waals surface area contributed by atoms with Crippen LogP contribution in [0.3, 0.4) is 0 Å². The molecule has 0 aliphatic heterocycles. The van der Waals surface area contributed by atoms with Gasteiger partial charge in [0, 0.05) is 31.0 Å². The van der Waals surface area contributed by atoms with Gasteiger partial charge in [0.2, 0.25) is 0 Å². The fraction of sp³-hybridized carbons (Fsp3) is 0.312. The number of hydrogen-bond donors (Lipinski definition) is 1. The number of pyridine rings is 1. The second-order valence-electron chi connectivity index (χ2n) is 4.73. The van der Waals surface area contributed by atoms with E-state index in [2.05, 4.69) is 10.3 Å². The molecule has 0 amide bonds. The maximum Gasteiger partial charge on any atom is 0.170 e. The molecule has 1 aromatic heterocycles. The minimum atomic E-state index is -0.265. The summed E-state index contributed by atoms with van der Waals surface area (Å²) in [4.78, 5) is 5.98. The van der Waals surface area contributed by atoms with Crippen molar-refractivity contribution in [3.8, 4) is 0 Å². The van der Waals surface area contributed by atoms with Crippen LogP contribution in [0.25, 0.3) is 0 Å². The number of halogens is 1. The topological polar surface area (TPSA) is 28.2 Å². The van der Waals surface area contributed by atoms with E-state index in [1.54, 1.807) is 17.2 Å². The third-order valence-electron chi connectivity index (χ3n) is 3.31. The zero-order chi connectivity index (χ0) is 14.5. The fourth-order valence-electron chi connectivity index (χ4n) is 2.16. The number of anilines is 2. The minimum absolute atomic E-state index is 0.265. The Morgan fingerprint density at radius 1 is 1.25 bits per heavy atom. The highest BCUT2D eigenvalue weighted by Crippen LogP contribution is 2.28. The molecular formula is C16H20FN3. The van der Waals surface area contributed by atoms with Crippen LogP contribution in [0.1, 0.15) is 18.1 Å². The average Bonchev–Trinajstić information content (AvgIpc) is 2.46. The Labute approximate surface area is 119 Å². The molecule has 0 bridgehead atoms. The molecule has 0 atom stereocenters. The van der Waals surface area contributed by atoms with E-state index in [1.165, 1.54) is 0 Å². The van der Waals surface area contributed by atoms with Crippen molar-refractivity contribution in [2.45, 2.75) is 20.4 Å². The SMILES string of the molecule is CCNCc1ccnc(N(C)c2ccccc2C)c1F. The van der Waals surface area contributed by atoms with Crippen molar-refractivity contribution in [1.82, 2.24) is 10.3 Å². The van der Waals surface area contributed by atoms with E-state index in [1.807, 2.05) is 45.2 Å². The minimum Gasteiger partial charge on any atom is -0.327 e. The molecule has 0 saturated heterocycles. The normalized spacial score (nSPS) is 10.6. The Morgan fingerprint density at radius 3 is 2.70 bits per heavy atom. The highest BCUT2D eigenvalue weighted by atomic mass is 19.1. The second kappa shape index (κ2) is 6.48. The van der Waals surface area contributed by atoms with E-state index in [0.29, 0.717) is 17.9 Å². The maximum atomic E-state index is 14.5. The fourth-order valence-corrected chi connectivity index (χ4v) is 2.16. The lowest BCUT2D eigenvalue weighted by Crippen LogP contribution is -2.18. The summed E-state index contributed by atoms with van der Waals surface area (Å²) in [5, 5.41) is 3.14. The third kappa shape index (κ3) is 2.96. The Bertz CT molecular complexity index is 584. The summed E-state index contributed by atoms with van der Waals surface area (Å²) in [6.07, 6.45) is 1.65. The number of nitrogens with zero attached hydrogens (tertiary/aromatic N) is 2. The van der Waals surface area contributed by atoms with Gasteiger partial charge in [0.15, 0.2) is 11.6 Å². The van der Waals surface area contributed by atoms with E-state index in [9.17, 15) is 4.39 Å². The van der Waals surface area contributed by atoms with Gasteiger partial charge in [-0.05, 0) is 31.2 Å². The van der Waals surface area contributed by atoms with Gasteiger partial charge in [-0.2, -0.15) is 0 Å². The first-order valence-electron chi connectivity index (χ1n) is 6.78. The van der Waals surface area contributed by atoms with Gasteiger partial charge >= 0.3 is 0 Å². The number of nitrogens with one attached hydrogen (secondary N) is 1. The van der Waals surface area contributed by atoms with Crippen molar-refractivity contribution in [3.63, 3.8) is 0 Å². The highest BCUT2D eigenvalue weighted by Gasteiger charge is 2.15. The number of aryl methyl sites for hydroxylation is 1. The Hall–Kier alpha value is -1.94. The average molecular weight is 273 g/mol. The van der Waals surface area contributed by atoms with Crippen LogP contribution in [0, 0.1) is 12.7 Å². The van der Waals surface area contributed by atoms with Crippen LogP contribution in [-0.4, -0.2) is 18.6 Å². The van der Waals surface area contributed by atoms with Crippen molar-refractivity contribution >= 4 is 11.5 Å². The zero-order valence-electron chi connectivity index (χ0n) is 12.2. The predicted octanol–water partition coefficient (Wildman–Crippen LogP) is 3.41. The maximum absolute atomic E-state index is 14.5. The second-order valence-corrected chi connectivity index (χ2v) is 4.73. The quantitative estimate of drug-likeness (QED) is 0.905. The van der Waals surface area contributed by atoms with E-state index in [0.717, 1.165) is 17.8 Å². The van der Waals surface area contributed by atoms with Crippen LogP contribution < -0.4 is 10.2 Å². The summed E-state index contributed by atoms with van der Waals surface area (Å²) in [7, 11) is 1.84. The molecule has 0 aliphatic carbocycles. The van der Waals surface area contributed by atoms with Crippen LogP contribution in [-0.2, 0) is 6.54 Å². The molecular weight excluding hydrogens is 253 g/mol. The molecule has 0 fully saturated rings. The monoisotopic (exact) mass is 273 g/mol. The summed E-state index contributed by atoms with van der Waals surface area (Å²) < 4.78 is 14.5. The van der Waals surface area contributed by atoms with Crippen LogP contribution in [0.15, 0.2) is 36.5 Å². The first-order chi connectivity index (χ1) is 9.65. The van der Waals surface area contributed by atoms with Gasteiger partial charge in [0.05, 0.1) is 0 Å². The van der Waals surface area contributed by atoms with Crippen LogP contribution in [0.2, 0.25) is 0 Å². The molecule has 106 valence electrons. The lowest BCUT2D eigenvalue weighted by atomic mass is 10.1. The molecule has 0 saturated carbocycles. The molecule has 1 heterocycles. The molecule has 0 unspecified atom stereocenters. The molecule has 4 heteroatoms. The van der Waals surface area contributed by atoms with Crippen molar-refractivity contribution in [2.75, 3.05) is 18.5 Å². The van der Waals surface area contributed by atoms with E-state index < -0.39 is 0 Å². The number of hydrogen-bond acceptors (Lipinski definition) is 3. The molecule has 3 nitrogen and oxygen atoms in total. The van der Waals surface area contributed by atoms with Crippen molar-refractivity contribution in [2.24, 2.45) is 0 Å². The smallest absolute Gasteiger partial charge is 0.170 e. The molecule has 0 radical (unpaired) electrons. The molecule has 2 rings (SSSR count). The number of rotatable bonds is 5. The van der Waals surface area contributed by atoms with Crippen LogP contribution in [0.4, 0.5) is 15.9 Å². The standard InChI is InChI=1S/C16H20FN3/c1-4-18-11-13-9-10-19-16(15(13)17)20(3)14-8-6-5-7-12(14)2/h5-10,18H,4,11H2,1-3H3. The lowest BCUT2D eigenvalue weighted by molar-refractivity contribution is 0.588. The predicted molar refractivity (Wildman–Crippen MR) is 80.8 cm³/mol. The van der Waals surface area contributed by atoms with Gasteiger partial charge in [-0.3, -0.25) is 0 Å². The Balaban J connectivity index is 2.35. The van der Waals surface area contributed by atoms with Gasteiger partial charge in [-0.1, -0.05) is 25.1 Å². The Morgan fingerprint density at radius 2 is 2.00 bits per heavy atom. The highest BCUT2D eigenvalue weighted by molar-refractivity contribution is 5.63. The van der Waals surface area contributed by atoms with Crippen molar-refractivity contribution in [3.05, 3.63) is 53.5 Å². The molecule has 1 aromatic carbocycles. The van der Waals surface area contributed by atoms with Crippen LogP contribution in [0.5, 0.6) is 0 Å². The van der Waals surface area contributed by atoms with Crippen molar-refractivity contribution < 1.29 is 4.39 Å². The largest absolute Gasteiger partial charge is 0.327 e. The molecule has 0 aliphatic rings. The van der Waals surface area contributed by atoms with E-state index >= 15 is 0 Å². The number of para-hydroxylation sites is 1. The molecule has 1 N–H and O–H groups in total. The third-order valence-corrected chi connectivity index (χ3v) is 3.31. The lowest BCUT2D eigenvalue weighted by Gasteiger charge is -2.21. The summed E-state index contributed by atoms with van der Waals surface area (Å²) in [5.74, 6) is 0.0916. The first kappa shape index (κ1) is 14.5. The summed E-state index contributed by atoms with van der Waals surface area (Å²) >= 11 is 0. The summed E-state index contributed by atoms with van der Waals surface area (Å²) in [5.41, 5.74) is 2.69. The van der Waals surface area contributed by atoms with Crippen molar-refractivity contribution in [1.29, 1.82) is 0 Å². The summed E-state index contributed by atoms with van der Waals surface area (Å²) in [6, 6.07) is 9.60. The van der Waals surface area contributed by atoms with E-state index in [4.69, 9.17) is 0 Å². The van der Waals surface area contributed by atoms with Gasteiger partial charge in [0.1, 0.15) is 0 Å². The van der Waals surface area contributed by atoms with Gasteiger partial charge in [0.25, 0.3) is 0 Å². The number of benzene rings is 1. The van der Waals surface area contributed by atoms with E-state index in [-0.39, 0.29) is 5.82 Å². The Kier molecular flexibility index (Phi) is 4.69. The molecule has 2 aromatic rings. The summed E-state index contributed by atoms with van der Waals surface area (Å²) in [6.45, 7) is 5.33.